The fourth-order valence-electron chi connectivity index (χ4n) is 4.17. The number of ether oxygens (including phenoxy) is 1. The van der Waals surface area contributed by atoms with Crippen molar-refractivity contribution >= 4 is 23.1 Å². The number of rotatable bonds is 10. The zero-order valence-electron chi connectivity index (χ0n) is 19.6. The monoisotopic (exact) mass is 467 g/mol. The summed E-state index contributed by atoms with van der Waals surface area (Å²) in [5.41, 5.74) is 0.703. The van der Waals surface area contributed by atoms with E-state index in [0.29, 0.717) is 29.8 Å². The predicted molar refractivity (Wildman–Crippen MR) is 128 cm³/mol. The average Bonchev–Trinajstić information content (AvgIpc) is 3.11. The number of hydrogen-bond donors (Lipinski definition) is 1. The molecule has 1 fully saturated rings. The quantitative estimate of drug-likeness (QED) is 0.186. The van der Waals surface area contributed by atoms with Crippen molar-refractivity contribution in [2.45, 2.75) is 26.3 Å². The van der Waals surface area contributed by atoms with Crippen molar-refractivity contribution in [3.63, 3.8) is 0 Å². The first kappa shape index (κ1) is 24.9. The minimum Gasteiger partial charge on any atom is -0.507 e. The lowest BCUT2D eigenvalue weighted by Crippen LogP contribution is -2.33. The van der Waals surface area contributed by atoms with Gasteiger partial charge in [-0.15, -0.1) is 0 Å². The van der Waals surface area contributed by atoms with Crippen LogP contribution < -0.4 is 4.74 Å². The zero-order chi connectivity index (χ0) is 24.8. The normalized spacial score (nSPS) is 17.4. The van der Waals surface area contributed by atoms with Crippen LogP contribution >= 0.6 is 0 Å². The summed E-state index contributed by atoms with van der Waals surface area (Å²) in [5, 5.41) is 22.2. The van der Waals surface area contributed by atoms with Crippen molar-refractivity contribution in [1.82, 2.24) is 9.80 Å². The van der Waals surface area contributed by atoms with E-state index >= 15 is 0 Å². The number of benzene rings is 2. The Labute approximate surface area is 198 Å². The molecule has 1 aliphatic rings. The molecule has 1 amide bonds. The summed E-state index contributed by atoms with van der Waals surface area (Å²) in [6, 6.07) is 11.4. The second kappa shape index (κ2) is 10.9. The minimum absolute atomic E-state index is 0.0463. The van der Waals surface area contributed by atoms with E-state index in [1.54, 1.807) is 24.3 Å². The van der Waals surface area contributed by atoms with Crippen LogP contribution in [0.2, 0.25) is 0 Å². The molecule has 0 spiro atoms. The topological polar surface area (TPSA) is 113 Å². The molecule has 0 saturated carbocycles. The highest BCUT2D eigenvalue weighted by molar-refractivity contribution is 6.46. The van der Waals surface area contributed by atoms with E-state index < -0.39 is 22.7 Å². The number of Topliss-reactive ketones (excluding diaryl/α,β-unsaturated/α-hetero) is 1. The van der Waals surface area contributed by atoms with Gasteiger partial charge in [0.25, 0.3) is 17.4 Å². The molecule has 0 bridgehead atoms. The number of hydrogen-bond acceptors (Lipinski definition) is 7. The third-order valence-electron chi connectivity index (χ3n) is 6.07. The van der Waals surface area contributed by atoms with Crippen molar-refractivity contribution < 1.29 is 24.4 Å². The van der Waals surface area contributed by atoms with E-state index in [1.807, 2.05) is 0 Å². The Kier molecular flexibility index (Phi) is 8.01. The Morgan fingerprint density at radius 3 is 2.41 bits per heavy atom. The minimum atomic E-state index is -0.858. The van der Waals surface area contributed by atoms with Gasteiger partial charge in [-0.1, -0.05) is 26.0 Å². The van der Waals surface area contributed by atoms with Crippen molar-refractivity contribution in [3.05, 3.63) is 75.3 Å². The molecule has 1 atom stereocenters. The van der Waals surface area contributed by atoms with E-state index in [4.69, 9.17) is 4.74 Å². The number of aliphatic hydroxyl groups excluding tert-OH is 1. The molecule has 0 aliphatic carbocycles. The lowest BCUT2D eigenvalue weighted by Gasteiger charge is -2.26. The Morgan fingerprint density at radius 2 is 1.82 bits per heavy atom. The van der Waals surface area contributed by atoms with E-state index in [9.17, 15) is 24.8 Å². The maximum absolute atomic E-state index is 13.1. The van der Waals surface area contributed by atoms with Crippen molar-refractivity contribution in [2.24, 2.45) is 0 Å². The van der Waals surface area contributed by atoms with Gasteiger partial charge in [-0.05, 0) is 55.9 Å². The molecule has 3 rings (SSSR count). The SMILES string of the molecule is CCN(CC)CCCN1C(=O)C(=O)/C(=C(/O)c2cccc(OC)c2)[C@@H]1c1ccc([N+](=O)[O-])cc1. The van der Waals surface area contributed by atoms with Crippen LogP contribution in [0.4, 0.5) is 5.69 Å². The number of methoxy groups -OCH3 is 1. The highest BCUT2D eigenvalue weighted by Gasteiger charge is 2.45. The molecule has 2 aromatic carbocycles. The summed E-state index contributed by atoms with van der Waals surface area (Å²) in [5.74, 6) is -1.31. The number of nitro benzene ring substituents is 1. The van der Waals surface area contributed by atoms with E-state index in [0.717, 1.165) is 19.6 Å². The highest BCUT2D eigenvalue weighted by atomic mass is 16.6. The largest absolute Gasteiger partial charge is 0.507 e. The van der Waals surface area contributed by atoms with Crippen LogP contribution in [0.25, 0.3) is 5.76 Å². The molecule has 0 aromatic heterocycles. The Balaban J connectivity index is 2.06. The summed E-state index contributed by atoms with van der Waals surface area (Å²) in [6.07, 6.45) is 0.636. The van der Waals surface area contributed by atoms with Gasteiger partial charge >= 0.3 is 0 Å². The first-order valence-corrected chi connectivity index (χ1v) is 11.2. The van der Waals surface area contributed by atoms with Crippen molar-refractivity contribution in [1.29, 1.82) is 0 Å². The number of aliphatic hydroxyl groups is 1. The van der Waals surface area contributed by atoms with Gasteiger partial charge < -0.3 is 19.6 Å². The fraction of sp³-hybridized carbons (Fsp3) is 0.360. The molecule has 0 radical (unpaired) electrons. The van der Waals surface area contributed by atoms with E-state index in [1.165, 1.54) is 36.3 Å². The maximum Gasteiger partial charge on any atom is 0.295 e. The van der Waals surface area contributed by atoms with Crippen LogP contribution in [-0.4, -0.2) is 64.8 Å². The second-order valence-electron chi connectivity index (χ2n) is 7.95. The molecule has 2 aromatic rings. The smallest absolute Gasteiger partial charge is 0.295 e. The molecule has 1 heterocycles. The summed E-state index contributed by atoms with van der Waals surface area (Å²) in [6.45, 7) is 6.91. The summed E-state index contributed by atoms with van der Waals surface area (Å²) >= 11 is 0. The lowest BCUT2D eigenvalue weighted by atomic mass is 9.95. The predicted octanol–water partition coefficient (Wildman–Crippen LogP) is 3.76. The van der Waals surface area contributed by atoms with Crippen LogP contribution in [0.1, 0.15) is 37.4 Å². The van der Waals surface area contributed by atoms with Crippen molar-refractivity contribution in [3.8, 4) is 5.75 Å². The van der Waals surface area contributed by atoms with Crippen LogP contribution in [0, 0.1) is 10.1 Å². The third kappa shape index (κ3) is 5.09. The second-order valence-corrected chi connectivity index (χ2v) is 7.95. The van der Waals surface area contributed by atoms with Gasteiger partial charge in [0.1, 0.15) is 11.5 Å². The van der Waals surface area contributed by atoms with Gasteiger partial charge in [-0.2, -0.15) is 0 Å². The zero-order valence-corrected chi connectivity index (χ0v) is 19.6. The van der Waals surface area contributed by atoms with E-state index in [2.05, 4.69) is 18.7 Å². The standard InChI is InChI=1S/C25H29N3O6/c1-4-26(5-2)14-7-15-27-22(17-10-12-19(13-11-17)28(32)33)21(24(30)25(27)31)23(29)18-8-6-9-20(16-18)34-3/h6,8-13,16,22,29H,4-5,7,14-15H2,1-3H3/b23-21+/t22-/m0/s1. The molecular formula is C25H29N3O6. The molecule has 9 nitrogen and oxygen atoms in total. The molecule has 9 heteroatoms. The molecule has 1 N–H and O–H groups in total. The van der Waals surface area contributed by atoms with Gasteiger partial charge in [-0.25, -0.2) is 0 Å². The van der Waals surface area contributed by atoms with Gasteiger partial charge in [0.2, 0.25) is 0 Å². The van der Waals surface area contributed by atoms with Crippen molar-refractivity contribution in [2.75, 3.05) is 33.3 Å². The van der Waals surface area contributed by atoms with Crippen LogP contribution in [0.15, 0.2) is 54.1 Å². The molecular weight excluding hydrogens is 438 g/mol. The van der Waals surface area contributed by atoms with Gasteiger partial charge in [0.15, 0.2) is 0 Å². The maximum atomic E-state index is 13.1. The number of carbonyl (C=O) groups excluding carboxylic acids is 2. The molecule has 0 unspecified atom stereocenters. The number of amides is 1. The summed E-state index contributed by atoms with van der Waals surface area (Å²) < 4.78 is 5.22. The Morgan fingerprint density at radius 1 is 1.15 bits per heavy atom. The first-order chi connectivity index (χ1) is 16.3. The van der Waals surface area contributed by atoms with Crippen LogP contribution in [0.5, 0.6) is 5.75 Å². The molecule has 1 saturated heterocycles. The molecule has 180 valence electrons. The number of nitrogens with zero attached hydrogens (tertiary/aromatic N) is 3. The van der Waals surface area contributed by atoms with Crippen LogP contribution in [0.3, 0.4) is 0 Å². The fourth-order valence-corrected chi connectivity index (χ4v) is 4.17. The Bertz CT molecular complexity index is 1090. The Hall–Kier alpha value is -3.72. The molecule has 1 aliphatic heterocycles. The number of non-ortho nitro benzene ring substituents is 1. The summed E-state index contributed by atoms with van der Waals surface area (Å²) in [7, 11) is 1.49. The number of ketones is 1. The lowest BCUT2D eigenvalue weighted by molar-refractivity contribution is -0.384. The average molecular weight is 468 g/mol. The number of likely N-dealkylation sites (tertiary alicyclic amines) is 1. The first-order valence-electron chi connectivity index (χ1n) is 11.2. The number of nitro groups is 1. The third-order valence-corrected chi connectivity index (χ3v) is 6.07. The van der Waals surface area contributed by atoms with E-state index in [-0.39, 0.29) is 17.0 Å². The summed E-state index contributed by atoms with van der Waals surface area (Å²) in [4.78, 5) is 40.4. The van der Waals surface area contributed by atoms with Gasteiger partial charge in [-0.3, -0.25) is 19.7 Å². The van der Waals surface area contributed by atoms with Gasteiger partial charge in [0.05, 0.1) is 23.6 Å². The number of carbonyl (C=O) groups is 2. The molecule has 34 heavy (non-hydrogen) atoms. The van der Waals surface area contributed by atoms with Crippen LogP contribution in [-0.2, 0) is 9.59 Å². The van der Waals surface area contributed by atoms with Gasteiger partial charge in [0, 0.05) is 24.2 Å². The highest BCUT2D eigenvalue weighted by Crippen LogP contribution is 2.40.